The molecule has 0 fully saturated rings. The second kappa shape index (κ2) is 4.62. The molecule has 1 rings (SSSR count). The molecule has 1 aromatic carbocycles. The molecule has 14 heavy (non-hydrogen) atoms. The third-order valence-corrected chi connectivity index (χ3v) is 2.17. The van der Waals surface area contributed by atoms with Crippen LogP contribution in [-0.4, -0.2) is 13.1 Å². The highest BCUT2D eigenvalue weighted by atomic mass is 35.5. The monoisotopic (exact) mass is 236 g/mol. The minimum Gasteiger partial charge on any atom is -0.469 e. The summed E-state index contributed by atoms with van der Waals surface area (Å²) in [4.78, 5) is 10.9. The molecule has 0 N–H and O–H groups in total. The number of methoxy groups -OCH3 is 1. The Morgan fingerprint density at radius 2 is 1.93 bits per heavy atom. The van der Waals surface area contributed by atoms with Crippen LogP contribution >= 0.6 is 23.2 Å². The van der Waals surface area contributed by atoms with E-state index in [1.54, 1.807) is 0 Å². The minimum atomic E-state index is -0.679. The Balaban J connectivity index is 2.95. The van der Waals surface area contributed by atoms with E-state index in [1.165, 1.54) is 19.2 Å². The van der Waals surface area contributed by atoms with Crippen LogP contribution in [0.5, 0.6) is 0 Å². The normalized spacial score (nSPS) is 10.0. The minimum absolute atomic E-state index is 0.0240. The van der Waals surface area contributed by atoms with Crippen LogP contribution in [0.4, 0.5) is 4.39 Å². The maximum atomic E-state index is 13.0. The van der Waals surface area contributed by atoms with Gasteiger partial charge in [-0.3, -0.25) is 4.79 Å². The quantitative estimate of drug-likeness (QED) is 0.583. The zero-order chi connectivity index (χ0) is 10.7. The van der Waals surface area contributed by atoms with Crippen molar-refractivity contribution in [3.8, 4) is 0 Å². The molecule has 76 valence electrons. The lowest BCUT2D eigenvalue weighted by molar-refractivity contribution is -0.139. The van der Waals surface area contributed by atoms with Gasteiger partial charge in [0.25, 0.3) is 0 Å². The molecule has 0 atom stereocenters. The van der Waals surface area contributed by atoms with E-state index < -0.39 is 11.8 Å². The first-order valence-corrected chi connectivity index (χ1v) is 4.50. The average molecular weight is 237 g/mol. The molecular weight excluding hydrogens is 230 g/mol. The summed E-state index contributed by atoms with van der Waals surface area (Å²) >= 11 is 11.1. The summed E-state index contributed by atoms with van der Waals surface area (Å²) in [7, 11) is 1.27. The lowest BCUT2D eigenvalue weighted by atomic mass is 10.1. The number of halogens is 3. The van der Waals surface area contributed by atoms with Crippen LogP contribution in [0.2, 0.25) is 10.0 Å². The summed E-state index contributed by atoms with van der Waals surface area (Å²) in [6.45, 7) is 0. The van der Waals surface area contributed by atoms with Gasteiger partial charge in [-0.05, 0) is 17.7 Å². The van der Waals surface area contributed by atoms with Gasteiger partial charge in [-0.25, -0.2) is 4.39 Å². The lowest BCUT2D eigenvalue weighted by Gasteiger charge is -2.03. The van der Waals surface area contributed by atoms with Gasteiger partial charge in [0.1, 0.15) is 0 Å². The van der Waals surface area contributed by atoms with E-state index in [0.29, 0.717) is 5.56 Å². The van der Waals surface area contributed by atoms with E-state index in [0.717, 1.165) is 0 Å². The van der Waals surface area contributed by atoms with Crippen molar-refractivity contribution < 1.29 is 13.9 Å². The molecule has 0 aromatic heterocycles. The maximum absolute atomic E-state index is 13.0. The van der Waals surface area contributed by atoms with Crippen molar-refractivity contribution in [2.75, 3.05) is 7.11 Å². The molecule has 0 amide bonds. The molecule has 0 saturated heterocycles. The maximum Gasteiger partial charge on any atom is 0.309 e. The molecule has 0 unspecified atom stereocenters. The van der Waals surface area contributed by atoms with Crippen molar-refractivity contribution in [3.63, 3.8) is 0 Å². The highest BCUT2D eigenvalue weighted by Crippen LogP contribution is 2.24. The predicted molar refractivity (Wildman–Crippen MR) is 52.1 cm³/mol. The van der Waals surface area contributed by atoms with Gasteiger partial charge in [0.2, 0.25) is 0 Å². The Morgan fingerprint density at radius 3 is 2.36 bits per heavy atom. The predicted octanol–water partition coefficient (Wildman–Crippen LogP) is 2.85. The first-order chi connectivity index (χ1) is 6.54. The van der Waals surface area contributed by atoms with Gasteiger partial charge in [-0.2, -0.15) is 0 Å². The Morgan fingerprint density at radius 1 is 1.43 bits per heavy atom. The number of ether oxygens (including phenoxy) is 1. The van der Waals surface area contributed by atoms with Crippen LogP contribution in [0.3, 0.4) is 0 Å². The summed E-state index contributed by atoms with van der Waals surface area (Å²) in [5.74, 6) is -1.11. The van der Waals surface area contributed by atoms with Crippen molar-refractivity contribution in [1.29, 1.82) is 0 Å². The number of benzene rings is 1. The summed E-state index contributed by atoms with van der Waals surface area (Å²) in [6, 6.07) is 2.69. The summed E-state index contributed by atoms with van der Waals surface area (Å²) < 4.78 is 17.4. The molecule has 0 heterocycles. The number of carbonyl (C=O) groups is 1. The fourth-order valence-corrected chi connectivity index (χ4v) is 1.48. The number of carbonyl (C=O) groups excluding carboxylic acids is 1. The van der Waals surface area contributed by atoms with Crippen molar-refractivity contribution in [2.24, 2.45) is 0 Å². The van der Waals surface area contributed by atoms with Gasteiger partial charge >= 0.3 is 5.97 Å². The van der Waals surface area contributed by atoms with Crippen LogP contribution in [0.25, 0.3) is 0 Å². The molecule has 2 nitrogen and oxygen atoms in total. The SMILES string of the molecule is COC(=O)Cc1cc(Cl)c(F)c(Cl)c1. The second-order valence-corrected chi connectivity index (χ2v) is 3.44. The number of hydrogen-bond acceptors (Lipinski definition) is 2. The van der Waals surface area contributed by atoms with Crippen molar-refractivity contribution in [2.45, 2.75) is 6.42 Å². The van der Waals surface area contributed by atoms with E-state index in [9.17, 15) is 9.18 Å². The van der Waals surface area contributed by atoms with Crippen LogP contribution in [-0.2, 0) is 16.0 Å². The molecule has 5 heteroatoms. The zero-order valence-electron chi connectivity index (χ0n) is 7.31. The van der Waals surface area contributed by atoms with Crippen molar-refractivity contribution in [3.05, 3.63) is 33.6 Å². The average Bonchev–Trinajstić information content (AvgIpc) is 2.14. The first-order valence-electron chi connectivity index (χ1n) is 3.75. The van der Waals surface area contributed by atoms with Gasteiger partial charge in [0.05, 0.1) is 23.6 Å². The van der Waals surface area contributed by atoms with Crippen LogP contribution in [0, 0.1) is 5.82 Å². The molecule has 0 spiro atoms. The van der Waals surface area contributed by atoms with Gasteiger partial charge in [0.15, 0.2) is 5.82 Å². The van der Waals surface area contributed by atoms with Gasteiger partial charge < -0.3 is 4.74 Å². The second-order valence-electron chi connectivity index (χ2n) is 2.63. The number of rotatable bonds is 2. The molecular formula is C9H7Cl2FO2. The van der Waals surface area contributed by atoms with Crippen LogP contribution < -0.4 is 0 Å². The summed E-state index contributed by atoms with van der Waals surface area (Å²) in [6.07, 6.45) is 0.0240. The van der Waals surface area contributed by atoms with Gasteiger partial charge in [-0.1, -0.05) is 23.2 Å². The Labute approximate surface area is 90.6 Å². The smallest absolute Gasteiger partial charge is 0.309 e. The van der Waals surface area contributed by atoms with Crippen molar-refractivity contribution in [1.82, 2.24) is 0 Å². The molecule has 1 aromatic rings. The molecule has 0 aliphatic rings. The Kier molecular flexibility index (Phi) is 3.72. The zero-order valence-corrected chi connectivity index (χ0v) is 8.82. The topological polar surface area (TPSA) is 26.3 Å². The fraction of sp³-hybridized carbons (Fsp3) is 0.222. The molecule has 0 aliphatic carbocycles. The highest BCUT2D eigenvalue weighted by Gasteiger charge is 2.10. The summed E-state index contributed by atoms with van der Waals surface area (Å²) in [5.41, 5.74) is 0.522. The third-order valence-electron chi connectivity index (χ3n) is 1.62. The first kappa shape index (κ1) is 11.3. The van der Waals surface area contributed by atoms with E-state index in [-0.39, 0.29) is 16.5 Å². The summed E-state index contributed by atoms with van der Waals surface area (Å²) in [5, 5.41) is -0.201. The standard InChI is InChI=1S/C9H7Cl2FO2/c1-14-8(13)4-5-2-6(10)9(12)7(11)3-5/h2-3H,4H2,1H3. The van der Waals surface area contributed by atoms with Gasteiger partial charge in [-0.15, -0.1) is 0 Å². The third kappa shape index (κ3) is 2.59. The van der Waals surface area contributed by atoms with Crippen LogP contribution in [0.1, 0.15) is 5.56 Å². The Hall–Kier alpha value is -0.800. The van der Waals surface area contributed by atoms with E-state index >= 15 is 0 Å². The lowest BCUT2D eigenvalue weighted by Crippen LogP contribution is -2.04. The Bertz CT molecular complexity index is 343. The van der Waals surface area contributed by atoms with Gasteiger partial charge in [0, 0.05) is 0 Å². The molecule has 0 bridgehead atoms. The van der Waals surface area contributed by atoms with E-state index in [4.69, 9.17) is 23.2 Å². The largest absolute Gasteiger partial charge is 0.469 e. The van der Waals surface area contributed by atoms with E-state index in [2.05, 4.69) is 4.74 Å². The number of esters is 1. The van der Waals surface area contributed by atoms with Crippen molar-refractivity contribution >= 4 is 29.2 Å². The van der Waals surface area contributed by atoms with Crippen LogP contribution in [0.15, 0.2) is 12.1 Å². The molecule has 0 aliphatic heterocycles. The fourth-order valence-electron chi connectivity index (χ4n) is 0.949. The molecule has 0 radical (unpaired) electrons. The van der Waals surface area contributed by atoms with E-state index in [1.807, 2.05) is 0 Å². The number of hydrogen-bond donors (Lipinski definition) is 0. The highest BCUT2D eigenvalue weighted by molar-refractivity contribution is 6.35. The molecule has 0 saturated carbocycles.